The molecular formula is C21H14Cl2F2O4. The van der Waals surface area contributed by atoms with Gasteiger partial charge in [-0.15, -0.1) is 0 Å². The predicted octanol–water partition coefficient (Wildman–Crippen LogP) is 6.66. The summed E-state index contributed by atoms with van der Waals surface area (Å²) >= 11 is 12.1. The van der Waals surface area contributed by atoms with Crippen LogP contribution in [0.3, 0.4) is 0 Å². The van der Waals surface area contributed by atoms with Crippen molar-refractivity contribution in [3.8, 4) is 11.5 Å². The molecule has 0 spiro atoms. The van der Waals surface area contributed by atoms with Crippen LogP contribution >= 0.6 is 23.2 Å². The standard InChI is InChI=1S/C21H14Cl2F2O4/c22-17-5-2-6-18(23)20(17)27-12-16-8-7-14(28-16)9-10-19(26)13-3-1-4-15(11-13)29-21(24)25/h1-11,21H,12H2/b10-9+. The quantitative estimate of drug-likeness (QED) is 0.291. The van der Waals surface area contributed by atoms with E-state index in [9.17, 15) is 13.6 Å². The third-order valence-electron chi connectivity index (χ3n) is 3.70. The topological polar surface area (TPSA) is 48.7 Å². The summed E-state index contributed by atoms with van der Waals surface area (Å²) in [6.45, 7) is -2.86. The number of allylic oxidation sites excluding steroid dienone is 1. The van der Waals surface area contributed by atoms with Crippen molar-refractivity contribution in [3.05, 3.63) is 87.8 Å². The first kappa shape index (κ1) is 20.9. The van der Waals surface area contributed by atoms with Gasteiger partial charge in [0.2, 0.25) is 0 Å². The van der Waals surface area contributed by atoms with Crippen molar-refractivity contribution in [3.63, 3.8) is 0 Å². The Morgan fingerprint density at radius 1 is 1.07 bits per heavy atom. The maximum Gasteiger partial charge on any atom is 0.387 e. The number of furan rings is 1. The molecule has 0 saturated heterocycles. The van der Waals surface area contributed by atoms with Crippen LogP contribution in [0, 0.1) is 0 Å². The van der Waals surface area contributed by atoms with Crippen LogP contribution in [-0.4, -0.2) is 12.4 Å². The molecule has 29 heavy (non-hydrogen) atoms. The molecule has 4 nitrogen and oxygen atoms in total. The van der Waals surface area contributed by atoms with E-state index in [0.717, 1.165) is 0 Å². The number of benzene rings is 2. The number of para-hydroxylation sites is 1. The number of carbonyl (C=O) groups is 1. The lowest BCUT2D eigenvalue weighted by Crippen LogP contribution is -2.03. The van der Waals surface area contributed by atoms with Crippen molar-refractivity contribution in [2.45, 2.75) is 13.2 Å². The first-order chi connectivity index (χ1) is 13.9. The normalized spacial score (nSPS) is 11.2. The van der Waals surface area contributed by atoms with Crippen molar-refractivity contribution < 1.29 is 27.5 Å². The average molecular weight is 439 g/mol. The fourth-order valence-electron chi connectivity index (χ4n) is 2.40. The molecular weight excluding hydrogens is 425 g/mol. The molecule has 8 heteroatoms. The van der Waals surface area contributed by atoms with Gasteiger partial charge in [0, 0.05) is 5.56 Å². The summed E-state index contributed by atoms with van der Waals surface area (Å²) in [6, 6.07) is 13.9. The second-order valence-electron chi connectivity index (χ2n) is 5.75. The van der Waals surface area contributed by atoms with E-state index in [1.165, 1.54) is 36.4 Å². The van der Waals surface area contributed by atoms with Gasteiger partial charge in [-0.3, -0.25) is 4.79 Å². The van der Waals surface area contributed by atoms with Gasteiger partial charge in [0.15, 0.2) is 11.5 Å². The molecule has 3 aromatic rings. The van der Waals surface area contributed by atoms with Crippen LogP contribution in [0.5, 0.6) is 11.5 Å². The highest BCUT2D eigenvalue weighted by molar-refractivity contribution is 6.37. The predicted molar refractivity (Wildman–Crippen MR) is 106 cm³/mol. The zero-order valence-corrected chi connectivity index (χ0v) is 16.3. The van der Waals surface area contributed by atoms with Crippen LogP contribution in [0.1, 0.15) is 21.9 Å². The summed E-state index contributed by atoms with van der Waals surface area (Å²) in [5.41, 5.74) is 0.211. The third-order valence-corrected chi connectivity index (χ3v) is 4.30. The number of ketones is 1. The number of alkyl halides is 2. The minimum absolute atomic E-state index is 0.0880. The smallest absolute Gasteiger partial charge is 0.387 e. The lowest BCUT2D eigenvalue weighted by atomic mass is 10.1. The van der Waals surface area contributed by atoms with Gasteiger partial charge in [-0.2, -0.15) is 8.78 Å². The summed E-state index contributed by atoms with van der Waals surface area (Å²) < 4.78 is 40.0. The van der Waals surface area contributed by atoms with Gasteiger partial charge in [-0.25, -0.2) is 0 Å². The molecule has 150 valence electrons. The van der Waals surface area contributed by atoms with Gasteiger partial charge < -0.3 is 13.9 Å². The Hall–Kier alpha value is -2.83. The van der Waals surface area contributed by atoms with Crippen LogP contribution in [-0.2, 0) is 6.61 Å². The average Bonchev–Trinajstić information content (AvgIpc) is 3.13. The number of hydrogen-bond acceptors (Lipinski definition) is 4. The van der Waals surface area contributed by atoms with Gasteiger partial charge in [0.25, 0.3) is 0 Å². The van der Waals surface area contributed by atoms with E-state index in [1.54, 1.807) is 30.3 Å². The zero-order valence-electron chi connectivity index (χ0n) is 14.8. The van der Waals surface area contributed by atoms with E-state index in [2.05, 4.69) is 4.74 Å². The van der Waals surface area contributed by atoms with E-state index in [0.29, 0.717) is 27.3 Å². The molecule has 0 radical (unpaired) electrons. The summed E-state index contributed by atoms with van der Waals surface area (Å²) in [5.74, 6) is 0.796. The van der Waals surface area contributed by atoms with Crippen molar-refractivity contribution in [2.24, 2.45) is 0 Å². The minimum atomic E-state index is -2.96. The first-order valence-electron chi connectivity index (χ1n) is 8.35. The monoisotopic (exact) mass is 438 g/mol. The number of halogens is 4. The Morgan fingerprint density at radius 2 is 1.79 bits per heavy atom. The van der Waals surface area contributed by atoms with Gasteiger partial charge in [-0.1, -0.05) is 41.4 Å². The van der Waals surface area contributed by atoms with Crippen molar-refractivity contribution in [2.75, 3.05) is 0 Å². The molecule has 0 bridgehead atoms. The van der Waals surface area contributed by atoms with Crippen molar-refractivity contribution >= 4 is 35.1 Å². The molecule has 0 saturated carbocycles. The molecule has 3 rings (SSSR count). The molecule has 0 N–H and O–H groups in total. The molecule has 0 aliphatic carbocycles. The Labute approximate surface area is 175 Å². The van der Waals surface area contributed by atoms with E-state index in [1.807, 2.05) is 0 Å². The maximum absolute atomic E-state index is 12.3. The molecule has 0 fully saturated rings. The van der Waals surface area contributed by atoms with Crippen LogP contribution in [0.4, 0.5) is 8.78 Å². The van der Waals surface area contributed by atoms with E-state index < -0.39 is 6.61 Å². The van der Waals surface area contributed by atoms with E-state index in [-0.39, 0.29) is 23.7 Å². The van der Waals surface area contributed by atoms with E-state index in [4.69, 9.17) is 32.4 Å². The number of carbonyl (C=O) groups excluding carboxylic acids is 1. The largest absolute Gasteiger partial charge is 0.483 e. The number of ether oxygens (including phenoxy) is 2. The highest BCUT2D eigenvalue weighted by Gasteiger charge is 2.10. The number of hydrogen-bond donors (Lipinski definition) is 0. The molecule has 0 amide bonds. The summed E-state index contributed by atoms with van der Waals surface area (Å²) in [4.78, 5) is 12.2. The fourth-order valence-corrected chi connectivity index (χ4v) is 2.91. The molecule has 1 heterocycles. The van der Waals surface area contributed by atoms with Gasteiger partial charge in [-0.05, 0) is 48.6 Å². The molecule has 0 unspecified atom stereocenters. The van der Waals surface area contributed by atoms with E-state index >= 15 is 0 Å². The lowest BCUT2D eigenvalue weighted by Gasteiger charge is -2.07. The van der Waals surface area contributed by atoms with Crippen LogP contribution < -0.4 is 9.47 Å². The molecule has 0 aliphatic rings. The third kappa shape index (κ3) is 5.82. The number of rotatable bonds is 8. The Morgan fingerprint density at radius 3 is 2.52 bits per heavy atom. The van der Waals surface area contributed by atoms with Crippen molar-refractivity contribution in [1.82, 2.24) is 0 Å². The first-order valence-corrected chi connectivity index (χ1v) is 9.11. The molecule has 1 aromatic heterocycles. The lowest BCUT2D eigenvalue weighted by molar-refractivity contribution is -0.0498. The highest BCUT2D eigenvalue weighted by Crippen LogP contribution is 2.33. The Kier molecular flexibility index (Phi) is 6.90. The van der Waals surface area contributed by atoms with Crippen LogP contribution in [0.25, 0.3) is 6.08 Å². The molecule has 2 aromatic carbocycles. The minimum Gasteiger partial charge on any atom is -0.483 e. The summed E-state index contributed by atoms with van der Waals surface area (Å²) in [5, 5.41) is 0.764. The maximum atomic E-state index is 12.3. The van der Waals surface area contributed by atoms with Gasteiger partial charge in [0.1, 0.15) is 23.9 Å². The van der Waals surface area contributed by atoms with Crippen LogP contribution in [0.15, 0.2) is 65.1 Å². The Bertz CT molecular complexity index is 1010. The van der Waals surface area contributed by atoms with Gasteiger partial charge >= 0.3 is 6.61 Å². The second-order valence-corrected chi connectivity index (χ2v) is 6.56. The fraction of sp³-hybridized carbons (Fsp3) is 0.0952. The van der Waals surface area contributed by atoms with Gasteiger partial charge in [0.05, 0.1) is 10.0 Å². The molecule has 0 atom stereocenters. The SMILES string of the molecule is O=C(/C=C/c1ccc(COc2c(Cl)cccc2Cl)o1)c1cccc(OC(F)F)c1. The highest BCUT2D eigenvalue weighted by atomic mass is 35.5. The second kappa shape index (κ2) is 9.58. The molecule has 0 aliphatic heterocycles. The van der Waals surface area contributed by atoms with Crippen molar-refractivity contribution in [1.29, 1.82) is 0 Å². The zero-order chi connectivity index (χ0) is 20.8. The summed E-state index contributed by atoms with van der Waals surface area (Å²) in [6.07, 6.45) is 2.74. The summed E-state index contributed by atoms with van der Waals surface area (Å²) in [7, 11) is 0. The Balaban J connectivity index is 1.62. The van der Waals surface area contributed by atoms with Crippen LogP contribution in [0.2, 0.25) is 10.0 Å².